The Morgan fingerprint density at radius 2 is 1.60 bits per heavy atom. The van der Waals surface area contributed by atoms with Gasteiger partial charge in [0.2, 0.25) is 11.9 Å². The van der Waals surface area contributed by atoms with Gasteiger partial charge >= 0.3 is 0 Å². The van der Waals surface area contributed by atoms with E-state index in [9.17, 15) is 5.11 Å². The van der Waals surface area contributed by atoms with E-state index in [0.29, 0.717) is 41.1 Å². The normalized spacial score (nSPS) is 11.5. The molecule has 2 rings (SSSR count). The van der Waals surface area contributed by atoms with Gasteiger partial charge in [0.25, 0.3) is 0 Å². The molecule has 4 N–H and O–H groups in total. The molecule has 0 radical (unpaired) electrons. The number of anilines is 4. The lowest BCUT2D eigenvalue weighted by atomic mass is 10.1. The van der Waals surface area contributed by atoms with Crippen LogP contribution in [-0.2, 0) is 0 Å². The van der Waals surface area contributed by atoms with Gasteiger partial charge in [-0.2, -0.15) is 9.97 Å². The molecule has 0 aromatic carbocycles. The number of hydrogen-bond donors (Lipinski definition) is 4. The van der Waals surface area contributed by atoms with Crippen molar-refractivity contribution in [3.63, 3.8) is 0 Å². The summed E-state index contributed by atoms with van der Waals surface area (Å²) in [6.07, 6.45) is 0.968. The summed E-state index contributed by atoms with van der Waals surface area (Å²) < 4.78 is 0. The standard InChI is InChI=1S/C16H28N8O/c1-7-8-19-12-10-11(21-14(17-4)22-12)13(23-15(18-5)20-10)24(6)9-16(2,3)25/h25H,7-9H2,1-6H3,(H,18,20,23)(H2,17,19,21,22). The van der Waals surface area contributed by atoms with Gasteiger partial charge in [0.1, 0.15) is 11.0 Å². The number of likely N-dealkylation sites (N-methyl/N-ethyl adjacent to an activating group) is 1. The van der Waals surface area contributed by atoms with Crippen LogP contribution in [0.25, 0.3) is 11.0 Å². The highest BCUT2D eigenvalue weighted by molar-refractivity contribution is 5.94. The Morgan fingerprint density at radius 1 is 1.00 bits per heavy atom. The largest absolute Gasteiger partial charge is 0.389 e. The van der Waals surface area contributed by atoms with E-state index in [2.05, 4.69) is 42.8 Å². The van der Waals surface area contributed by atoms with Crippen molar-refractivity contribution in [3.8, 4) is 0 Å². The molecular weight excluding hydrogens is 320 g/mol. The summed E-state index contributed by atoms with van der Waals surface area (Å²) >= 11 is 0. The highest BCUT2D eigenvalue weighted by atomic mass is 16.3. The summed E-state index contributed by atoms with van der Waals surface area (Å²) in [5.41, 5.74) is 0.404. The second kappa shape index (κ2) is 7.64. The summed E-state index contributed by atoms with van der Waals surface area (Å²) in [5, 5.41) is 19.4. The molecule has 0 saturated heterocycles. The van der Waals surface area contributed by atoms with Gasteiger partial charge in [-0.25, -0.2) is 9.97 Å². The minimum Gasteiger partial charge on any atom is -0.389 e. The second-order valence-corrected chi connectivity index (χ2v) is 6.56. The molecule has 0 aliphatic heterocycles. The topological polar surface area (TPSA) is 111 Å². The average Bonchev–Trinajstić information content (AvgIpc) is 2.56. The molecule has 138 valence electrons. The molecule has 25 heavy (non-hydrogen) atoms. The highest BCUT2D eigenvalue weighted by Crippen LogP contribution is 2.29. The summed E-state index contributed by atoms with van der Waals surface area (Å²) in [6.45, 7) is 6.79. The van der Waals surface area contributed by atoms with Crippen LogP contribution in [0.3, 0.4) is 0 Å². The lowest BCUT2D eigenvalue weighted by molar-refractivity contribution is 0.0885. The first-order chi connectivity index (χ1) is 11.8. The molecule has 0 saturated carbocycles. The minimum absolute atomic E-state index is 0.402. The molecule has 2 aromatic heterocycles. The van der Waals surface area contributed by atoms with E-state index in [0.717, 1.165) is 13.0 Å². The first-order valence-corrected chi connectivity index (χ1v) is 8.41. The van der Waals surface area contributed by atoms with Crippen molar-refractivity contribution in [1.29, 1.82) is 0 Å². The number of hydrogen-bond acceptors (Lipinski definition) is 9. The third-order valence-electron chi connectivity index (χ3n) is 3.50. The number of fused-ring (bicyclic) bond motifs is 1. The second-order valence-electron chi connectivity index (χ2n) is 6.56. The number of nitrogens with zero attached hydrogens (tertiary/aromatic N) is 5. The zero-order chi connectivity index (χ0) is 18.6. The highest BCUT2D eigenvalue weighted by Gasteiger charge is 2.22. The van der Waals surface area contributed by atoms with E-state index >= 15 is 0 Å². The molecule has 9 heteroatoms. The molecule has 0 aliphatic carbocycles. The molecule has 9 nitrogen and oxygen atoms in total. The smallest absolute Gasteiger partial charge is 0.225 e. The molecule has 0 fully saturated rings. The van der Waals surface area contributed by atoms with Crippen molar-refractivity contribution < 1.29 is 5.11 Å². The van der Waals surface area contributed by atoms with Gasteiger partial charge in [0.05, 0.1) is 5.60 Å². The van der Waals surface area contributed by atoms with E-state index in [1.54, 1.807) is 27.9 Å². The van der Waals surface area contributed by atoms with Crippen molar-refractivity contribution in [2.75, 3.05) is 55.1 Å². The molecule has 0 bridgehead atoms. The molecule has 2 aromatic rings. The Kier molecular flexibility index (Phi) is 5.78. The van der Waals surface area contributed by atoms with E-state index in [1.807, 2.05) is 11.9 Å². The van der Waals surface area contributed by atoms with Crippen molar-refractivity contribution in [2.24, 2.45) is 0 Å². The van der Waals surface area contributed by atoms with Gasteiger partial charge in [-0.1, -0.05) is 6.92 Å². The van der Waals surface area contributed by atoms with Crippen LogP contribution in [-0.4, -0.2) is 64.9 Å². The van der Waals surface area contributed by atoms with Gasteiger partial charge in [-0.3, -0.25) is 0 Å². The molecular formula is C16H28N8O. The van der Waals surface area contributed by atoms with E-state index in [-0.39, 0.29) is 0 Å². The molecule has 0 amide bonds. The first kappa shape index (κ1) is 18.9. The third kappa shape index (κ3) is 4.56. The van der Waals surface area contributed by atoms with Crippen LogP contribution in [0.1, 0.15) is 27.2 Å². The zero-order valence-electron chi connectivity index (χ0n) is 15.8. The molecule has 0 spiro atoms. The number of aliphatic hydroxyl groups is 1. The monoisotopic (exact) mass is 348 g/mol. The third-order valence-corrected chi connectivity index (χ3v) is 3.50. The van der Waals surface area contributed by atoms with Crippen molar-refractivity contribution in [3.05, 3.63) is 0 Å². The number of nitrogens with one attached hydrogen (secondary N) is 3. The van der Waals surface area contributed by atoms with Crippen LogP contribution in [0.15, 0.2) is 0 Å². The fourth-order valence-corrected chi connectivity index (χ4v) is 2.51. The Labute approximate surface area is 148 Å². The van der Waals surface area contributed by atoms with Gasteiger partial charge in [-0.05, 0) is 20.3 Å². The summed E-state index contributed by atoms with van der Waals surface area (Å²) in [6, 6.07) is 0. The SMILES string of the molecule is CCCNc1nc(NC)nc2c(N(C)CC(C)(C)O)nc(NC)nc12. The van der Waals surface area contributed by atoms with E-state index in [1.165, 1.54) is 0 Å². The Bertz CT molecular complexity index is 728. The maximum atomic E-state index is 10.2. The minimum atomic E-state index is -0.867. The lowest BCUT2D eigenvalue weighted by Crippen LogP contribution is -2.37. The van der Waals surface area contributed by atoms with Gasteiger partial charge in [-0.15, -0.1) is 0 Å². The Balaban J connectivity index is 2.66. The average molecular weight is 348 g/mol. The first-order valence-electron chi connectivity index (χ1n) is 8.41. The van der Waals surface area contributed by atoms with Crippen molar-refractivity contribution >= 4 is 34.6 Å². The van der Waals surface area contributed by atoms with Gasteiger partial charge in [0, 0.05) is 34.2 Å². The predicted molar refractivity (Wildman–Crippen MR) is 103 cm³/mol. The number of aromatic nitrogens is 4. The van der Waals surface area contributed by atoms with Crippen LogP contribution in [0.5, 0.6) is 0 Å². The summed E-state index contributed by atoms with van der Waals surface area (Å²) in [5.74, 6) is 2.26. The fraction of sp³-hybridized carbons (Fsp3) is 0.625. The van der Waals surface area contributed by atoms with E-state index < -0.39 is 5.60 Å². The Hall–Kier alpha value is -2.42. The predicted octanol–water partition coefficient (Wildman–Crippen LogP) is 1.53. The van der Waals surface area contributed by atoms with Crippen molar-refractivity contribution in [2.45, 2.75) is 32.8 Å². The van der Waals surface area contributed by atoms with Crippen LogP contribution >= 0.6 is 0 Å². The summed E-state index contributed by atoms with van der Waals surface area (Å²) in [4.78, 5) is 20.0. The van der Waals surface area contributed by atoms with Crippen molar-refractivity contribution in [1.82, 2.24) is 19.9 Å². The zero-order valence-corrected chi connectivity index (χ0v) is 15.8. The quantitative estimate of drug-likeness (QED) is 0.564. The Morgan fingerprint density at radius 3 is 2.16 bits per heavy atom. The van der Waals surface area contributed by atoms with Crippen LogP contribution in [0.4, 0.5) is 23.5 Å². The van der Waals surface area contributed by atoms with Crippen LogP contribution in [0, 0.1) is 0 Å². The van der Waals surface area contributed by atoms with Crippen LogP contribution in [0.2, 0.25) is 0 Å². The molecule has 0 unspecified atom stereocenters. The van der Waals surface area contributed by atoms with Crippen LogP contribution < -0.4 is 20.9 Å². The fourth-order valence-electron chi connectivity index (χ4n) is 2.51. The number of rotatable bonds is 8. The lowest BCUT2D eigenvalue weighted by Gasteiger charge is -2.27. The molecule has 2 heterocycles. The molecule has 0 atom stereocenters. The maximum absolute atomic E-state index is 10.2. The molecule has 0 aliphatic rings. The van der Waals surface area contributed by atoms with Gasteiger partial charge in [0.15, 0.2) is 11.6 Å². The summed E-state index contributed by atoms with van der Waals surface area (Å²) in [7, 11) is 5.41. The van der Waals surface area contributed by atoms with E-state index in [4.69, 9.17) is 0 Å². The van der Waals surface area contributed by atoms with Gasteiger partial charge < -0.3 is 26.0 Å². The maximum Gasteiger partial charge on any atom is 0.225 e.